The van der Waals surface area contributed by atoms with Gasteiger partial charge in [-0.2, -0.15) is 0 Å². The van der Waals surface area contributed by atoms with Gasteiger partial charge in [-0.3, -0.25) is 4.79 Å². The van der Waals surface area contributed by atoms with Crippen molar-refractivity contribution in [2.24, 2.45) is 0 Å². The quantitative estimate of drug-likeness (QED) is 0.786. The number of amides is 1. The fraction of sp³-hybridized carbons (Fsp3) is 0.381. The van der Waals surface area contributed by atoms with Gasteiger partial charge in [-0.15, -0.1) is 0 Å². The molecule has 5 nitrogen and oxygen atoms in total. The number of para-hydroxylation sites is 1. The van der Waals surface area contributed by atoms with Gasteiger partial charge in [0.15, 0.2) is 0 Å². The molecule has 0 saturated carbocycles. The van der Waals surface area contributed by atoms with Crippen molar-refractivity contribution in [2.75, 3.05) is 23.8 Å². The van der Waals surface area contributed by atoms with E-state index in [0.29, 0.717) is 11.6 Å². The molecule has 1 aliphatic carbocycles. The summed E-state index contributed by atoms with van der Waals surface area (Å²) in [6.07, 6.45) is 8.34. The van der Waals surface area contributed by atoms with Gasteiger partial charge in [0.05, 0.1) is 0 Å². The Labute approximate surface area is 155 Å². The van der Waals surface area contributed by atoms with Gasteiger partial charge in [-0.25, -0.2) is 9.97 Å². The van der Waals surface area contributed by atoms with Crippen LogP contribution in [0.3, 0.4) is 0 Å². The standard InChI is InChI=1S/C21H26N4O/c1-16-15-19(20(26)25(2)18-11-7-4-8-12-18)24-21(23-16)22-14-13-17-9-5-3-6-10-17/h4,7-9,11-12,15H,3,5-6,10,13-14H2,1-2H3,(H,22,23,24). The number of aromatic nitrogens is 2. The lowest BCUT2D eigenvalue weighted by molar-refractivity contribution is 0.0988. The van der Waals surface area contributed by atoms with E-state index in [9.17, 15) is 4.79 Å². The Hall–Kier alpha value is -2.69. The molecule has 0 bridgehead atoms. The second-order valence-corrected chi connectivity index (χ2v) is 6.70. The van der Waals surface area contributed by atoms with E-state index in [4.69, 9.17) is 0 Å². The summed E-state index contributed by atoms with van der Waals surface area (Å²) in [6, 6.07) is 11.3. The summed E-state index contributed by atoms with van der Waals surface area (Å²) in [5.41, 5.74) is 3.54. The zero-order valence-corrected chi connectivity index (χ0v) is 15.5. The van der Waals surface area contributed by atoms with E-state index in [0.717, 1.165) is 24.3 Å². The summed E-state index contributed by atoms with van der Waals surface area (Å²) in [7, 11) is 1.76. The van der Waals surface area contributed by atoms with Crippen LogP contribution in [-0.2, 0) is 0 Å². The smallest absolute Gasteiger partial charge is 0.276 e. The molecular weight excluding hydrogens is 324 g/mol. The lowest BCUT2D eigenvalue weighted by Gasteiger charge is -2.17. The Morgan fingerprint density at radius 3 is 2.73 bits per heavy atom. The first-order valence-corrected chi connectivity index (χ1v) is 9.24. The van der Waals surface area contributed by atoms with Crippen LogP contribution in [0.25, 0.3) is 0 Å². The summed E-state index contributed by atoms with van der Waals surface area (Å²) in [4.78, 5) is 23.2. The summed E-state index contributed by atoms with van der Waals surface area (Å²) in [5, 5.41) is 3.27. The topological polar surface area (TPSA) is 58.1 Å². The van der Waals surface area contributed by atoms with Crippen molar-refractivity contribution >= 4 is 17.5 Å². The van der Waals surface area contributed by atoms with Crippen molar-refractivity contribution in [1.82, 2.24) is 9.97 Å². The fourth-order valence-corrected chi connectivity index (χ4v) is 3.16. The number of nitrogens with one attached hydrogen (secondary N) is 1. The maximum atomic E-state index is 12.8. The van der Waals surface area contributed by atoms with Crippen molar-refractivity contribution in [3.05, 3.63) is 59.4 Å². The lowest BCUT2D eigenvalue weighted by Crippen LogP contribution is -2.27. The molecule has 0 saturated heterocycles. The molecule has 1 aromatic heterocycles. The molecule has 0 aliphatic heterocycles. The van der Waals surface area contributed by atoms with E-state index < -0.39 is 0 Å². The van der Waals surface area contributed by atoms with Gasteiger partial charge in [0.25, 0.3) is 5.91 Å². The molecule has 136 valence electrons. The van der Waals surface area contributed by atoms with Crippen LogP contribution in [0.15, 0.2) is 48.0 Å². The van der Waals surface area contributed by atoms with Gasteiger partial charge in [0.2, 0.25) is 5.95 Å². The molecule has 0 atom stereocenters. The number of hydrogen-bond acceptors (Lipinski definition) is 4. The predicted molar refractivity (Wildman–Crippen MR) is 106 cm³/mol. The molecule has 1 N–H and O–H groups in total. The van der Waals surface area contributed by atoms with E-state index in [1.54, 1.807) is 18.0 Å². The molecule has 1 amide bonds. The molecule has 1 aromatic carbocycles. The highest BCUT2D eigenvalue weighted by Crippen LogP contribution is 2.20. The van der Waals surface area contributed by atoms with Crippen LogP contribution in [0, 0.1) is 6.92 Å². The summed E-state index contributed by atoms with van der Waals surface area (Å²) < 4.78 is 0. The van der Waals surface area contributed by atoms with Gasteiger partial charge < -0.3 is 10.2 Å². The van der Waals surface area contributed by atoms with E-state index in [1.165, 1.54) is 31.3 Å². The first-order chi connectivity index (χ1) is 12.6. The van der Waals surface area contributed by atoms with E-state index >= 15 is 0 Å². The van der Waals surface area contributed by atoms with Crippen LogP contribution in [0.2, 0.25) is 0 Å². The van der Waals surface area contributed by atoms with Crippen LogP contribution >= 0.6 is 0 Å². The average Bonchev–Trinajstić information content (AvgIpc) is 2.68. The molecule has 0 spiro atoms. The highest BCUT2D eigenvalue weighted by Gasteiger charge is 2.16. The van der Waals surface area contributed by atoms with Gasteiger partial charge in [-0.05, 0) is 57.2 Å². The number of rotatable bonds is 6. The Morgan fingerprint density at radius 2 is 2.00 bits per heavy atom. The summed E-state index contributed by atoms with van der Waals surface area (Å²) >= 11 is 0. The number of benzene rings is 1. The van der Waals surface area contributed by atoms with Crippen molar-refractivity contribution in [3.8, 4) is 0 Å². The third-order valence-electron chi connectivity index (χ3n) is 4.64. The molecule has 0 fully saturated rings. The van der Waals surface area contributed by atoms with E-state index in [2.05, 4.69) is 21.4 Å². The minimum atomic E-state index is -0.139. The lowest BCUT2D eigenvalue weighted by atomic mass is 9.97. The van der Waals surface area contributed by atoms with Gasteiger partial charge in [0, 0.05) is 25.0 Å². The Kier molecular flexibility index (Phi) is 6.00. The minimum absolute atomic E-state index is 0.139. The maximum absolute atomic E-state index is 12.8. The van der Waals surface area contributed by atoms with Crippen LogP contribution in [0.1, 0.15) is 48.3 Å². The minimum Gasteiger partial charge on any atom is -0.354 e. The van der Waals surface area contributed by atoms with Crippen molar-refractivity contribution in [3.63, 3.8) is 0 Å². The average molecular weight is 350 g/mol. The predicted octanol–water partition coefficient (Wildman–Crippen LogP) is 4.36. The number of nitrogens with zero attached hydrogens (tertiary/aromatic N) is 3. The number of allylic oxidation sites excluding steroid dienone is 1. The van der Waals surface area contributed by atoms with Gasteiger partial charge in [0.1, 0.15) is 5.69 Å². The van der Waals surface area contributed by atoms with Gasteiger partial charge in [-0.1, -0.05) is 29.8 Å². The zero-order chi connectivity index (χ0) is 18.4. The highest BCUT2D eigenvalue weighted by atomic mass is 16.2. The number of aryl methyl sites for hydroxylation is 1. The largest absolute Gasteiger partial charge is 0.354 e. The van der Waals surface area contributed by atoms with E-state index in [1.807, 2.05) is 37.3 Å². The van der Waals surface area contributed by atoms with Crippen LogP contribution in [0.4, 0.5) is 11.6 Å². The summed E-state index contributed by atoms with van der Waals surface area (Å²) in [5.74, 6) is 0.381. The Bertz CT molecular complexity index is 786. The second-order valence-electron chi connectivity index (χ2n) is 6.70. The van der Waals surface area contributed by atoms with Crippen molar-refractivity contribution in [2.45, 2.75) is 39.0 Å². The highest BCUT2D eigenvalue weighted by molar-refractivity contribution is 6.04. The Morgan fingerprint density at radius 1 is 1.19 bits per heavy atom. The molecule has 2 aromatic rings. The number of carbonyl (C=O) groups is 1. The third kappa shape index (κ3) is 4.69. The summed E-state index contributed by atoms with van der Waals surface area (Å²) in [6.45, 7) is 2.67. The monoisotopic (exact) mass is 350 g/mol. The third-order valence-corrected chi connectivity index (χ3v) is 4.64. The SMILES string of the molecule is Cc1cc(C(=O)N(C)c2ccccc2)nc(NCCC2=CCCCC2)n1. The molecular formula is C21H26N4O. The second kappa shape index (κ2) is 8.61. The van der Waals surface area contributed by atoms with Crippen molar-refractivity contribution in [1.29, 1.82) is 0 Å². The van der Waals surface area contributed by atoms with Gasteiger partial charge >= 0.3 is 0 Å². The van der Waals surface area contributed by atoms with Crippen LogP contribution < -0.4 is 10.2 Å². The fourth-order valence-electron chi connectivity index (χ4n) is 3.16. The molecule has 3 rings (SSSR count). The first kappa shape index (κ1) is 18.1. The normalized spacial score (nSPS) is 13.8. The number of anilines is 2. The molecule has 5 heteroatoms. The van der Waals surface area contributed by atoms with Crippen LogP contribution in [0.5, 0.6) is 0 Å². The molecule has 0 unspecified atom stereocenters. The maximum Gasteiger partial charge on any atom is 0.276 e. The zero-order valence-electron chi connectivity index (χ0n) is 15.5. The number of carbonyl (C=O) groups excluding carboxylic acids is 1. The molecule has 1 aliphatic rings. The molecule has 26 heavy (non-hydrogen) atoms. The van der Waals surface area contributed by atoms with Crippen LogP contribution in [-0.4, -0.2) is 29.5 Å². The molecule has 1 heterocycles. The number of hydrogen-bond donors (Lipinski definition) is 1. The van der Waals surface area contributed by atoms with E-state index in [-0.39, 0.29) is 5.91 Å². The Balaban J connectivity index is 1.66. The van der Waals surface area contributed by atoms with Crippen molar-refractivity contribution < 1.29 is 4.79 Å². The first-order valence-electron chi connectivity index (χ1n) is 9.24. The molecule has 0 radical (unpaired) electrons.